The summed E-state index contributed by atoms with van der Waals surface area (Å²) < 4.78 is 20.2. The van der Waals surface area contributed by atoms with E-state index in [1.54, 1.807) is 18.2 Å². The van der Waals surface area contributed by atoms with E-state index in [1.165, 1.54) is 16.9 Å². The molecule has 7 heteroatoms. The van der Waals surface area contributed by atoms with Crippen LogP contribution in [0, 0.1) is 5.82 Å². The molecule has 6 nitrogen and oxygen atoms in total. The summed E-state index contributed by atoms with van der Waals surface area (Å²) in [5.74, 6) is -0.590. The van der Waals surface area contributed by atoms with Crippen LogP contribution in [-0.2, 0) is 11.3 Å². The first-order valence-electron chi connectivity index (χ1n) is 6.74. The molecule has 0 radical (unpaired) electrons. The van der Waals surface area contributed by atoms with Crippen LogP contribution in [0.25, 0.3) is 0 Å². The van der Waals surface area contributed by atoms with Crippen LogP contribution < -0.4 is 5.32 Å². The molecule has 2 aromatic rings. The van der Waals surface area contributed by atoms with Crippen molar-refractivity contribution in [2.24, 2.45) is 0 Å². The minimum Gasteiger partial charge on any atom is -0.379 e. The number of nitrogens with zero attached hydrogens (tertiary/aromatic N) is 3. The summed E-state index contributed by atoms with van der Waals surface area (Å²) in [6.45, 7) is 1.42. The minimum absolute atomic E-state index is 0.0224. The second-order valence-electron chi connectivity index (χ2n) is 4.93. The second-order valence-corrected chi connectivity index (χ2v) is 4.93. The average molecular weight is 290 g/mol. The van der Waals surface area contributed by atoms with Gasteiger partial charge in [0.1, 0.15) is 5.82 Å². The van der Waals surface area contributed by atoms with Crippen molar-refractivity contribution in [1.82, 2.24) is 20.3 Å². The highest BCUT2D eigenvalue weighted by Crippen LogP contribution is 2.09. The zero-order valence-electron chi connectivity index (χ0n) is 11.3. The quantitative estimate of drug-likeness (QED) is 0.911. The number of hydrogen-bond donors (Lipinski definition) is 1. The molecule has 1 aliphatic rings. The Balaban J connectivity index is 1.65. The maximum Gasteiger partial charge on any atom is 0.273 e. The normalized spacial score (nSPS) is 17.9. The van der Waals surface area contributed by atoms with E-state index in [9.17, 15) is 9.18 Å². The Morgan fingerprint density at radius 3 is 3.10 bits per heavy atom. The van der Waals surface area contributed by atoms with Crippen LogP contribution in [0.2, 0.25) is 0 Å². The highest BCUT2D eigenvalue weighted by molar-refractivity contribution is 5.92. The average Bonchev–Trinajstić information content (AvgIpc) is 3.13. The van der Waals surface area contributed by atoms with Gasteiger partial charge in [0.25, 0.3) is 5.91 Å². The monoisotopic (exact) mass is 290 g/mol. The van der Waals surface area contributed by atoms with Gasteiger partial charge in [-0.3, -0.25) is 4.79 Å². The van der Waals surface area contributed by atoms with Gasteiger partial charge in [-0.2, -0.15) is 0 Å². The lowest BCUT2D eigenvalue weighted by Gasteiger charge is -2.08. The van der Waals surface area contributed by atoms with Gasteiger partial charge in [-0.25, -0.2) is 9.07 Å². The third kappa shape index (κ3) is 3.25. The smallest absolute Gasteiger partial charge is 0.273 e. The first-order valence-corrected chi connectivity index (χ1v) is 6.74. The Kier molecular flexibility index (Phi) is 3.92. The van der Waals surface area contributed by atoms with Crippen LogP contribution in [0.4, 0.5) is 4.39 Å². The molecule has 1 atom stereocenters. The number of benzene rings is 1. The first kappa shape index (κ1) is 13.7. The molecule has 2 heterocycles. The predicted octanol–water partition coefficient (Wildman–Crippen LogP) is 0.984. The Morgan fingerprint density at radius 1 is 1.48 bits per heavy atom. The van der Waals surface area contributed by atoms with Crippen LogP contribution in [-0.4, -0.2) is 40.2 Å². The Hall–Kier alpha value is -2.28. The van der Waals surface area contributed by atoms with Crippen LogP contribution in [0.5, 0.6) is 0 Å². The van der Waals surface area contributed by atoms with E-state index in [0.717, 1.165) is 6.42 Å². The van der Waals surface area contributed by atoms with Crippen LogP contribution in [0.1, 0.15) is 22.5 Å². The summed E-state index contributed by atoms with van der Waals surface area (Å²) in [6, 6.07) is 6.47. The number of ether oxygens (including phenoxy) is 1. The van der Waals surface area contributed by atoms with Crippen LogP contribution >= 0.6 is 0 Å². The molecule has 21 heavy (non-hydrogen) atoms. The van der Waals surface area contributed by atoms with E-state index < -0.39 is 0 Å². The molecule has 1 amide bonds. The lowest BCUT2D eigenvalue weighted by molar-refractivity contribution is 0.0925. The van der Waals surface area contributed by atoms with Gasteiger partial charge in [-0.1, -0.05) is 23.4 Å². The second kappa shape index (κ2) is 6.01. The summed E-state index contributed by atoms with van der Waals surface area (Å²) in [7, 11) is 0. The lowest BCUT2D eigenvalue weighted by atomic mass is 10.2. The summed E-state index contributed by atoms with van der Waals surface area (Å²) in [5, 5.41) is 10.5. The fraction of sp³-hybridized carbons (Fsp3) is 0.357. The highest BCUT2D eigenvalue weighted by Gasteiger charge is 2.20. The number of carbonyl (C=O) groups is 1. The number of nitrogens with one attached hydrogen (secondary N) is 1. The summed E-state index contributed by atoms with van der Waals surface area (Å²) in [6.07, 6.45) is 2.31. The van der Waals surface area contributed by atoms with Gasteiger partial charge in [0.05, 0.1) is 25.4 Å². The summed E-state index contributed by atoms with van der Waals surface area (Å²) in [4.78, 5) is 12.0. The van der Waals surface area contributed by atoms with Crippen molar-refractivity contribution in [2.45, 2.75) is 19.0 Å². The van der Waals surface area contributed by atoms with Gasteiger partial charge in [0.15, 0.2) is 5.69 Å². The maximum atomic E-state index is 13.6. The Morgan fingerprint density at radius 2 is 2.33 bits per heavy atom. The molecule has 0 bridgehead atoms. The van der Waals surface area contributed by atoms with E-state index in [-0.39, 0.29) is 30.0 Å². The molecule has 1 aromatic heterocycles. The van der Waals surface area contributed by atoms with E-state index in [2.05, 4.69) is 15.6 Å². The number of halogens is 1. The van der Waals surface area contributed by atoms with Crippen molar-refractivity contribution in [3.8, 4) is 0 Å². The molecule has 0 spiro atoms. The third-order valence-electron chi connectivity index (χ3n) is 3.33. The van der Waals surface area contributed by atoms with Crippen LogP contribution in [0.15, 0.2) is 30.5 Å². The topological polar surface area (TPSA) is 69.0 Å². The number of hydrogen-bond acceptors (Lipinski definition) is 4. The third-order valence-corrected chi connectivity index (χ3v) is 3.33. The molecular weight excluding hydrogens is 275 g/mol. The largest absolute Gasteiger partial charge is 0.379 e. The molecule has 3 rings (SSSR count). The fourth-order valence-electron chi connectivity index (χ4n) is 2.19. The first-order chi connectivity index (χ1) is 10.2. The highest BCUT2D eigenvalue weighted by atomic mass is 19.1. The maximum absolute atomic E-state index is 13.6. The minimum atomic E-state index is -0.304. The molecule has 0 unspecified atom stereocenters. The van der Waals surface area contributed by atoms with Gasteiger partial charge < -0.3 is 10.1 Å². The van der Waals surface area contributed by atoms with Crippen molar-refractivity contribution in [3.63, 3.8) is 0 Å². The molecule has 110 valence electrons. The molecule has 1 aromatic carbocycles. The number of aromatic nitrogens is 3. The molecule has 0 saturated carbocycles. The predicted molar refractivity (Wildman–Crippen MR) is 72.2 cm³/mol. The summed E-state index contributed by atoms with van der Waals surface area (Å²) in [5.41, 5.74) is 0.719. The van der Waals surface area contributed by atoms with Crippen molar-refractivity contribution in [1.29, 1.82) is 0 Å². The zero-order chi connectivity index (χ0) is 14.7. The summed E-state index contributed by atoms with van der Waals surface area (Å²) >= 11 is 0. The molecule has 1 fully saturated rings. The van der Waals surface area contributed by atoms with E-state index >= 15 is 0 Å². The molecule has 1 saturated heterocycles. The van der Waals surface area contributed by atoms with Gasteiger partial charge in [0, 0.05) is 12.2 Å². The molecule has 1 aliphatic heterocycles. The number of carbonyl (C=O) groups excluding carboxylic acids is 1. The molecule has 1 N–H and O–H groups in total. The van der Waals surface area contributed by atoms with Gasteiger partial charge >= 0.3 is 0 Å². The van der Waals surface area contributed by atoms with Crippen molar-refractivity contribution < 1.29 is 13.9 Å². The van der Waals surface area contributed by atoms with Crippen molar-refractivity contribution in [3.05, 3.63) is 47.5 Å². The van der Waals surface area contributed by atoms with Crippen molar-refractivity contribution >= 4 is 5.91 Å². The van der Waals surface area contributed by atoms with Gasteiger partial charge in [-0.15, -0.1) is 5.10 Å². The van der Waals surface area contributed by atoms with Crippen LogP contribution in [0.3, 0.4) is 0 Å². The van der Waals surface area contributed by atoms with Crippen molar-refractivity contribution in [2.75, 3.05) is 13.2 Å². The molecule has 0 aliphatic carbocycles. The molecular formula is C14H15FN4O2. The Bertz CT molecular complexity index is 637. The number of rotatable bonds is 4. The fourth-order valence-corrected chi connectivity index (χ4v) is 2.19. The number of amides is 1. The van der Waals surface area contributed by atoms with E-state index in [1.807, 2.05) is 0 Å². The SMILES string of the molecule is O=C(N[C@H]1CCOC1)c1cn(Cc2ccccc2F)nn1. The standard InChI is InChI=1S/C14H15FN4O2/c15-12-4-2-1-3-10(12)7-19-8-13(17-18-19)14(20)16-11-5-6-21-9-11/h1-4,8,11H,5-7,9H2,(H,16,20)/t11-/m0/s1. The van der Waals surface area contributed by atoms with E-state index in [0.29, 0.717) is 18.8 Å². The van der Waals surface area contributed by atoms with Gasteiger partial charge in [-0.05, 0) is 12.5 Å². The van der Waals surface area contributed by atoms with E-state index in [4.69, 9.17) is 4.74 Å². The Labute approximate surface area is 120 Å². The zero-order valence-corrected chi connectivity index (χ0v) is 11.3. The van der Waals surface area contributed by atoms with Gasteiger partial charge in [0.2, 0.25) is 0 Å². The lowest BCUT2D eigenvalue weighted by Crippen LogP contribution is -2.35.